The largest absolute Gasteiger partial charge is 0.326 e. The van der Waals surface area contributed by atoms with Gasteiger partial charge in [0.2, 0.25) is 0 Å². The van der Waals surface area contributed by atoms with Gasteiger partial charge in [-0.3, -0.25) is 4.90 Å². The molecule has 0 spiro atoms. The van der Waals surface area contributed by atoms with Crippen molar-refractivity contribution >= 4 is 0 Å². The number of hydrogen-bond donors (Lipinski definition) is 1. The van der Waals surface area contributed by atoms with Crippen LogP contribution in [-0.2, 0) is 0 Å². The molecule has 0 aromatic heterocycles. The Bertz CT molecular complexity index is 323. The third-order valence-corrected chi connectivity index (χ3v) is 3.83. The molecule has 2 heteroatoms. The molecule has 0 amide bonds. The van der Waals surface area contributed by atoms with E-state index in [0.29, 0.717) is 18.1 Å². The van der Waals surface area contributed by atoms with Crippen molar-refractivity contribution in [3.63, 3.8) is 0 Å². The zero-order valence-electron chi connectivity index (χ0n) is 10.3. The summed E-state index contributed by atoms with van der Waals surface area (Å²) in [6.07, 6.45) is 2.28. The van der Waals surface area contributed by atoms with Gasteiger partial charge in [0.25, 0.3) is 0 Å². The molecule has 0 saturated carbocycles. The molecule has 2 nitrogen and oxygen atoms in total. The van der Waals surface area contributed by atoms with E-state index in [1.807, 2.05) is 0 Å². The number of likely N-dealkylation sites (tertiary alicyclic amines) is 1. The van der Waals surface area contributed by atoms with Gasteiger partial charge < -0.3 is 5.73 Å². The summed E-state index contributed by atoms with van der Waals surface area (Å²) >= 11 is 0. The van der Waals surface area contributed by atoms with Crippen molar-refractivity contribution in [1.29, 1.82) is 0 Å². The first kappa shape index (κ1) is 11.6. The SMILES string of the molecule is CCC(c1ccccc1)N1CCC(N)C1C. The highest BCUT2D eigenvalue weighted by molar-refractivity contribution is 5.19. The Kier molecular flexibility index (Phi) is 3.62. The zero-order valence-corrected chi connectivity index (χ0v) is 10.3. The van der Waals surface area contributed by atoms with Crippen molar-refractivity contribution in [1.82, 2.24) is 4.90 Å². The van der Waals surface area contributed by atoms with Gasteiger partial charge in [-0.15, -0.1) is 0 Å². The van der Waals surface area contributed by atoms with Crippen LogP contribution < -0.4 is 5.73 Å². The van der Waals surface area contributed by atoms with E-state index in [4.69, 9.17) is 5.73 Å². The molecule has 88 valence electrons. The summed E-state index contributed by atoms with van der Waals surface area (Å²) < 4.78 is 0. The lowest BCUT2D eigenvalue weighted by atomic mass is 10.0. The lowest BCUT2D eigenvalue weighted by Gasteiger charge is -2.32. The summed E-state index contributed by atoms with van der Waals surface area (Å²) in [6.45, 7) is 5.65. The van der Waals surface area contributed by atoms with E-state index >= 15 is 0 Å². The minimum Gasteiger partial charge on any atom is -0.326 e. The summed E-state index contributed by atoms with van der Waals surface area (Å²) in [5.74, 6) is 0. The van der Waals surface area contributed by atoms with Gasteiger partial charge in [0.1, 0.15) is 0 Å². The van der Waals surface area contributed by atoms with Gasteiger partial charge in [-0.25, -0.2) is 0 Å². The van der Waals surface area contributed by atoms with Gasteiger partial charge in [-0.2, -0.15) is 0 Å². The molecule has 3 unspecified atom stereocenters. The third-order valence-electron chi connectivity index (χ3n) is 3.83. The fourth-order valence-corrected chi connectivity index (χ4v) is 2.77. The predicted octanol–water partition coefficient (Wildman–Crippen LogP) is 2.56. The highest BCUT2D eigenvalue weighted by atomic mass is 15.2. The number of nitrogens with zero attached hydrogens (tertiary/aromatic N) is 1. The van der Waals surface area contributed by atoms with Crippen LogP contribution in [0.4, 0.5) is 0 Å². The van der Waals surface area contributed by atoms with Crippen LogP contribution in [0.15, 0.2) is 30.3 Å². The first-order chi connectivity index (χ1) is 7.74. The lowest BCUT2D eigenvalue weighted by molar-refractivity contribution is 0.180. The first-order valence-corrected chi connectivity index (χ1v) is 6.30. The maximum Gasteiger partial charge on any atom is 0.0348 e. The molecule has 1 aromatic carbocycles. The van der Waals surface area contributed by atoms with Crippen LogP contribution in [0, 0.1) is 0 Å². The van der Waals surface area contributed by atoms with Gasteiger partial charge in [0.05, 0.1) is 0 Å². The van der Waals surface area contributed by atoms with Gasteiger partial charge in [-0.1, -0.05) is 37.3 Å². The van der Waals surface area contributed by atoms with Crippen LogP contribution in [0.5, 0.6) is 0 Å². The fraction of sp³-hybridized carbons (Fsp3) is 0.571. The van der Waals surface area contributed by atoms with E-state index in [1.54, 1.807) is 0 Å². The van der Waals surface area contributed by atoms with E-state index in [1.165, 1.54) is 5.56 Å². The van der Waals surface area contributed by atoms with E-state index in [2.05, 4.69) is 49.1 Å². The number of hydrogen-bond acceptors (Lipinski definition) is 2. The zero-order chi connectivity index (χ0) is 11.5. The molecule has 2 rings (SSSR count). The maximum atomic E-state index is 6.10. The smallest absolute Gasteiger partial charge is 0.0348 e. The number of rotatable bonds is 3. The monoisotopic (exact) mass is 218 g/mol. The van der Waals surface area contributed by atoms with Crippen molar-refractivity contribution in [3.8, 4) is 0 Å². The van der Waals surface area contributed by atoms with Gasteiger partial charge in [0, 0.05) is 24.7 Å². The molecule has 3 atom stereocenters. The molecule has 1 aliphatic heterocycles. The van der Waals surface area contributed by atoms with Crippen LogP contribution in [0.1, 0.15) is 38.3 Å². The molecule has 1 aromatic rings. The molecule has 1 aliphatic rings. The van der Waals surface area contributed by atoms with Crippen LogP contribution in [-0.4, -0.2) is 23.5 Å². The van der Waals surface area contributed by atoms with Gasteiger partial charge >= 0.3 is 0 Å². The van der Waals surface area contributed by atoms with E-state index in [-0.39, 0.29) is 0 Å². The van der Waals surface area contributed by atoms with E-state index in [9.17, 15) is 0 Å². The third kappa shape index (κ3) is 2.13. The van der Waals surface area contributed by atoms with Crippen LogP contribution in [0.25, 0.3) is 0 Å². The average molecular weight is 218 g/mol. The number of benzene rings is 1. The Morgan fingerprint density at radius 1 is 1.38 bits per heavy atom. The summed E-state index contributed by atoms with van der Waals surface area (Å²) in [6, 6.07) is 12.2. The summed E-state index contributed by atoms with van der Waals surface area (Å²) in [5.41, 5.74) is 7.52. The normalized spacial score (nSPS) is 28.2. The quantitative estimate of drug-likeness (QED) is 0.845. The maximum absolute atomic E-state index is 6.10. The van der Waals surface area contributed by atoms with Crippen LogP contribution >= 0.6 is 0 Å². The highest BCUT2D eigenvalue weighted by Crippen LogP contribution is 2.30. The molecule has 2 N–H and O–H groups in total. The van der Waals surface area contributed by atoms with Crippen molar-refractivity contribution in [2.45, 2.75) is 44.8 Å². The fourth-order valence-electron chi connectivity index (χ4n) is 2.77. The summed E-state index contributed by atoms with van der Waals surface area (Å²) in [4.78, 5) is 2.56. The Labute approximate surface area is 98.4 Å². The van der Waals surface area contributed by atoms with Crippen molar-refractivity contribution in [2.75, 3.05) is 6.54 Å². The molecule has 16 heavy (non-hydrogen) atoms. The topological polar surface area (TPSA) is 29.3 Å². The molecule has 1 fully saturated rings. The van der Waals surface area contributed by atoms with Crippen molar-refractivity contribution < 1.29 is 0 Å². The van der Waals surface area contributed by atoms with Gasteiger partial charge in [-0.05, 0) is 25.3 Å². The Balaban J connectivity index is 2.17. The molecular weight excluding hydrogens is 196 g/mol. The van der Waals surface area contributed by atoms with Crippen LogP contribution in [0.2, 0.25) is 0 Å². The average Bonchev–Trinajstić information content (AvgIpc) is 2.64. The Morgan fingerprint density at radius 2 is 2.06 bits per heavy atom. The molecule has 0 bridgehead atoms. The minimum atomic E-state index is 0.345. The standard InChI is InChI=1S/C14H22N2/c1-3-14(12-7-5-4-6-8-12)16-10-9-13(15)11(16)2/h4-8,11,13-14H,3,9-10,15H2,1-2H3. The second kappa shape index (κ2) is 4.98. The Morgan fingerprint density at radius 3 is 2.56 bits per heavy atom. The van der Waals surface area contributed by atoms with Gasteiger partial charge in [0.15, 0.2) is 0 Å². The summed E-state index contributed by atoms with van der Waals surface area (Å²) in [7, 11) is 0. The molecule has 1 saturated heterocycles. The van der Waals surface area contributed by atoms with Crippen molar-refractivity contribution in [2.24, 2.45) is 5.73 Å². The highest BCUT2D eigenvalue weighted by Gasteiger charge is 2.32. The second-order valence-electron chi connectivity index (χ2n) is 4.77. The molecular formula is C14H22N2. The number of nitrogens with two attached hydrogens (primary N) is 1. The minimum absolute atomic E-state index is 0.345. The molecule has 0 radical (unpaired) electrons. The molecule has 0 aliphatic carbocycles. The summed E-state index contributed by atoms with van der Waals surface area (Å²) in [5, 5.41) is 0. The van der Waals surface area contributed by atoms with Crippen LogP contribution in [0.3, 0.4) is 0 Å². The van der Waals surface area contributed by atoms with Crippen molar-refractivity contribution in [3.05, 3.63) is 35.9 Å². The molecule has 1 heterocycles. The Hall–Kier alpha value is -0.860. The lowest BCUT2D eigenvalue weighted by Crippen LogP contribution is -2.38. The predicted molar refractivity (Wildman–Crippen MR) is 68.2 cm³/mol. The first-order valence-electron chi connectivity index (χ1n) is 6.30. The van der Waals surface area contributed by atoms with E-state index in [0.717, 1.165) is 19.4 Å². The second-order valence-corrected chi connectivity index (χ2v) is 4.77. The van der Waals surface area contributed by atoms with E-state index < -0.39 is 0 Å².